The van der Waals surface area contributed by atoms with Gasteiger partial charge in [-0.2, -0.15) is 13.2 Å². The quantitative estimate of drug-likeness (QED) is 0.342. The molecule has 0 fully saturated rings. The highest BCUT2D eigenvalue weighted by molar-refractivity contribution is 6.31. The Balaban J connectivity index is 1.59. The van der Waals surface area contributed by atoms with Gasteiger partial charge in [0.2, 0.25) is 5.60 Å². The fraction of sp³-hybridized carbons (Fsp3) is 0.231. The van der Waals surface area contributed by atoms with Gasteiger partial charge in [0.25, 0.3) is 5.91 Å². The summed E-state index contributed by atoms with van der Waals surface area (Å²) in [7, 11) is 0. The summed E-state index contributed by atoms with van der Waals surface area (Å²) in [6.45, 7) is -1.04. The second-order valence-electron chi connectivity index (χ2n) is 9.25. The fourth-order valence-corrected chi connectivity index (χ4v) is 5.18. The van der Waals surface area contributed by atoms with Crippen LogP contribution in [0, 0.1) is 11.6 Å². The predicted molar refractivity (Wildman–Crippen MR) is 133 cm³/mol. The number of nitrogens with zero attached hydrogens (tertiary/aromatic N) is 1. The molecule has 0 spiro atoms. The van der Waals surface area contributed by atoms with Gasteiger partial charge in [-0.05, 0) is 67.1 Å². The molecule has 2 aliphatic heterocycles. The number of amides is 3. The normalized spacial score (nSPS) is 20.1. The van der Waals surface area contributed by atoms with E-state index in [0.29, 0.717) is 23.0 Å². The number of β-amino-alcohol motifs (C(OH)–C–C–N with tert-alkyl or cyclic N) is 1. The average molecular weight is 567 g/mol. The number of nitrogens with two attached hydrogens (primary N) is 1. The van der Waals surface area contributed by atoms with Crippen LogP contribution in [-0.2, 0) is 12.0 Å². The van der Waals surface area contributed by atoms with E-state index in [2.05, 4.69) is 10.6 Å². The van der Waals surface area contributed by atoms with E-state index in [9.17, 15) is 36.6 Å². The van der Waals surface area contributed by atoms with Crippen molar-refractivity contribution in [3.63, 3.8) is 0 Å². The Morgan fingerprint density at radius 3 is 2.54 bits per heavy atom. The number of hydrogen-bond acceptors (Lipinski definition) is 4. The summed E-state index contributed by atoms with van der Waals surface area (Å²) in [5, 5.41) is 15.9. The summed E-state index contributed by atoms with van der Waals surface area (Å²) in [5.74, 6) is -2.20. The highest BCUT2D eigenvalue weighted by Gasteiger charge is 2.61. The summed E-state index contributed by atoms with van der Waals surface area (Å²) < 4.78 is 69.5. The molecule has 5 N–H and O–H groups in total. The number of urea groups is 1. The van der Waals surface area contributed by atoms with Crippen molar-refractivity contribution in [2.24, 2.45) is 5.73 Å². The van der Waals surface area contributed by atoms with Gasteiger partial charge in [0, 0.05) is 33.0 Å². The molecule has 204 valence electrons. The van der Waals surface area contributed by atoms with Crippen molar-refractivity contribution in [2.45, 2.75) is 24.2 Å². The number of anilines is 2. The standard InChI is InChI=1S/C26H20ClF5N4O3/c27-18-3-1-13(28)9-15(18)22-21-16(23(37)35-22)7-12(5-6-33)8-19(21)34-24(38)36-11-25(39,26(30,31)32)17-10-14(29)2-4-20(17)36/h1-4,7-10,22,39H,5-6,11,33H2,(H,34,38)(H,35,37)/t22-,25+/m1/s1. The molecular formula is C26H20ClF5N4O3. The summed E-state index contributed by atoms with van der Waals surface area (Å²) in [5.41, 5.74) is 2.12. The summed E-state index contributed by atoms with van der Waals surface area (Å²) in [6.07, 6.45) is -4.92. The van der Waals surface area contributed by atoms with Crippen molar-refractivity contribution in [1.82, 2.24) is 5.32 Å². The first-order valence-electron chi connectivity index (χ1n) is 11.6. The maximum Gasteiger partial charge on any atom is 0.423 e. The van der Waals surface area contributed by atoms with Crippen molar-refractivity contribution < 1.29 is 36.6 Å². The second-order valence-corrected chi connectivity index (χ2v) is 9.66. The Bertz CT molecular complexity index is 1520. The van der Waals surface area contributed by atoms with Gasteiger partial charge < -0.3 is 21.5 Å². The topological polar surface area (TPSA) is 108 Å². The van der Waals surface area contributed by atoms with E-state index in [1.807, 2.05) is 0 Å². The summed E-state index contributed by atoms with van der Waals surface area (Å²) >= 11 is 6.28. The highest BCUT2D eigenvalue weighted by Crippen LogP contribution is 2.49. The summed E-state index contributed by atoms with van der Waals surface area (Å²) in [6, 6.07) is 6.88. The van der Waals surface area contributed by atoms with Crippen LogP contribution < -0.4 is 21.3 Å². The van der Waals surface area contributed by atoms with Crippen LogP contribution >= 0.6 is 11.6 Å². The van der Waals surface area contributed by atoms with Crippen LogP contribution in [0.3, 0.4) is 0 Å². The van der Waals surface area contributed by atoms with Gasteiger partial charge in [0.05, 0.1) is 18.3 Å². The smallest absolute Gasteiger partial charge is 0.375 e. The molecule has 0 unspecified atom stereocenters. The van der Waals surface area contributed by atoms with Gasteiger partial charge in [-0.25, -0.2) is 13.6 Å². The minimum Gasteiger partial charge on any atom is -0.375 e. The van der Waals surface area contributed by atoms with Gasteiger partial charge >= 0.3 is 12.2 Å². The van der Waals surface area contributed by atoms with Crippen molar-refractivity contribution >= 4 is 34.9 Å². The van der Waals surface area contributed by atoms with Crippen molar-refractivity contribution in [3.8, 4) is 0 Å². The van der Waals surface area contributed by atoms with E-state index in [4.69, 9.17) is 17.3 Å². The number of fused-ring (bicyclic) bond motifs is 2. The lowest BCUT2D eigenvalue weighted by molar-refractivity contribution is -0.258. The van der Waals surface area contributed by atoms with E-state index >= 15 is 0 Å². The molecule has 3 amide bonds. The number of alkyl halides is 3. The number of hydrogen-bond donors (Lipinski definition) is 4. The third kappa shape index (κ3) is 4.48. The number of nitrogens with one attached hydrogen (secondary N) is 2. The first kappa shape index (κ1) is 26.9. The molecule has 3 aromatic rings. The summed E-state index contributed by atoms with van der Waals surface area (Å²) in [4.78, 5) is 26.9. The van der Waals surface area contributed by atoms with Crippen molar-refractivity contribution in [1.29, 1.82) is 0 Å². The molecule has 0 bridgehead atoms. The van der Waals surface area contributed by atoms with Crippen LogP contribution in [0.15, 0.2) is 48.5 Å². The van der Waals surface area contributed by atoms with E-state index in [-0.39, 0.29) is 39.6 Å². The molecule has 0 saturated carbocycles. The largest absolute Gasteiger partial charge is 0.423 e. The van der Waals surface area contributed by atoms with Gasteiger partial charge in [0.15, 0.2) is 0 Å². The molecule has 0 aliphatic carbocycles. The Hall–Kier alpha value is -3.74. The number of halogens is 6. The number of carbonyl (C=O) groups excluding carboxylic acids is 2. The van der Waals surface area contributed by atoms with E-state index in [0.717, 1.165) is 24.3 Å². The lowest BCUT2D eigenvalue weighted by atomic mass is 9.94. The van der Waals surface area contributed by atoms with Crippen molar-refractivity contribution in [3.05, 3.63) is 93.0 Å². The predicted octanol–water partition coefficient (Wildman–Crippen LogP) is 4.75. The molecule has 2 atom stereocenters. The zero-order valence-electron chi connectivity index (χ0n) is 19.9. The van der Waals surface area contributed by atoms with Crippen molar-refractivity contribution in [2.75, 3.05) is 23.3 Å². The fourth-order valence-electron chi connectivity index (χ4n) is 4.96. The zero-order chi connectivity index (χ0) is 28.3. The van der Waals surface area contributed by atoms with Crippen LogP contribution in [0.1, 0.15) is 38.7 Å². The molecule has 2 heterocycles. The van der Waals surface area contributed by atoms with Crippen LogP contribution in [0.5, 0.6) is 0 Å². The van der Waals surface area contributed by atoms with Crippen LogP contribution in [0.25, 0.3) is 0 Å². The third-order valence-electron chi connectivity index (χ3n) is 6.79. The van der Waals surface area contributed by atoms with E-state index in [1.165, 1.54) is 12.1 Å². The first-order chi connectivity index (χ1) is 18.3. The van der Waals surface area contributed by atoms with Crippen LogP contribution in [0.4, 0.5) is 38.1 Å². The van der Waals surface area contributed by atoms with Crippen LogP contribution in [-0.4, -0.2) is 36.3 Å². The Labute approximate surface area is 223 Å². The van der Waals surface area contributed by atoms with Gasteiger partial charge in [0.1, 0.15) is 11.6 Å². The Morgan fingerprint density at radius 2 is 1.85 bits per heavy atom. The molecule has 5 rings (SSSR count). The highest BCUT2D eigenvalue weighted by atomic mass is 35.5. The molecule has 7 nitrogen and oxygen atoms in total. The van der Waals surface area contributed by atoms with Gasteiger partial charge in [-0.15, -0.1) is 0 Å². The first-order valence-corrected chi connectivity index (χ1v) is 12.0. The van der Waals surface area contributed by atoms with Gasteiger partial charge in [-0.3, -0.25) is 9.69 Å². The molecule has 13 heteroatoms. The van der Waals surface area contributed by atoms with E-state index < -0.39 is 53.5 Å². The molecule has 39 heavy (non-hydrogen) atoms. The lowest BCUT2D eigenvalue weighted by Crippen LogP contribution is -2.48. The van der Waals surface area contributed by atoms with Crippen LogP contribution in [0.2, 0.25) is 5.02 Å². The third-order valence-corrected chi connectivity index (χ3v) is 7.13. The number of rotatable bonds is 4. The minimum absolute atomic E-state index is 0.0377. The number of benzene rings is 3. The Morgan fingerprint density at radius 1 is 1.15 bits per heavy atom. The maximum atomic E-state index is 14.1. The lowest BCUT2D eigenvalue weighted by Gasteiger charge is -2.27. The van der Waals surface area contributed by atoms with Gasteiger partial charge in [-0.1, -0.05) is 11.6 Å². The zero-order valence-corrected chi connectivity index (χ0v) is 20.6. The monoisotopic (exact) mass is 566 g/mol. The molecule has 0 saturated heterocycles. The minimum atomic E-state index is -5.22. The molecular weight excluding hydrogens is 547 g/mol. The average Bonchev–Trinajstić information content (AvgIpc) is 3.36. The maximum absolute atomic E-state index is 14.1. The molecule has 0 radical (unpaired) electrons. The molecule has 2 aliphatic rings. The molecule has 3 aromatic carbocycles. The SMILES string of the molecule is NCCc1cc(NC(=O)N2C[C@@](O)(C(F)(F)F)c3cc(F)ccc32)c2c(c1)C(=O)N[C@@H]2c1cc(F)ccc1Cl. The Kier molecular flexibility index (Phi) is 6.52. The number of aliphatic hydroxyl groups is 1. The second kappa shape index (κ2) is 9.47. The van der Waals surface area contributed by atoms with E-state index in [1.54, 1.807) is 6.07 Å². The number of carbonyl (C=O) groups is 2. The molecule has 0 aromatic heterocycles.